The Labute approximate surface area is 329 Å². The van der Waals surface area contributed by atoms with Gasteiger partial charge in [-0.2, -0.15) is 0 Å². The summed E-state index contributed by atoms with van der Waals surface area (Å²) in [6.45, 7) is 4.87. The van der Waals surface area contributed by atoms with Gasteiger partial charge in [0.2, 0.25) is 0 Å². The van der Waals surface area contributed by atoms with Crippen LogP contribution >= 0.6 is 11.3 Å². The maximum absolute atomic E-state index is 2.52. The van der Waals surface area contributed by atoms with Gasteiger partial charge in [-0.05, 0) is 118 Å². The highest BCUT2D eigenvalue weighted by Crippen LogP contribution is 2.58. The second-order valence-electron chi connectivity index (χ2n) is 16.0. The Morgan fingerprint density at radius 2 is 0.857 bits per heavy atom. The summed E-state index contributed by atoms with van der Waals surface area (Å²) in [5.41, 5.74) is 13.1. The van der Waals surface area contributed by atoms with Crippen molar-refractivity contribution >= 4 is 74.6 Å². The summed E-state index contributed by atoms with van der Waals surface area (Å²) in [6, 6.07) is 68.0. The molecule has 0 radical (unpaired) electrons. The molecule has 0 spiro atoms. The van der Waals surface area contributed by atoms with Gasteiger partial charge >= 0.3 is 0 Å². The molecule has 0 saturated heterocycles. The molecule has 1 aromatic heterocycles. The van der Waals surface area contributed by atoms with Gasteiger partial charge in [0.25, 0.3) is 0 Å². The molecule has 1 heteroatoms. The van der Waals surface area contributed by atoms with Gasteiger partial charge in [-0.15, -0.1) is 11.3 Å². The fourth-order valence-electron chi connectivity index (χ4n) is 10.1. The molecule has 11 aromatic rings. The predicted octanol–water partition coefficient (Wildman–Crippen LogP) is 16.0. The molecule has 0 atom stereocenters. The van der Waals surface area contributed by atoms with E-state index in [2.05, 4.69) is 196 Å². The number of hydrogen-bond donors (Lipinski definition) is 0. The van der Waals surface area contributed by atoms with Crippen LogP contribution in [0.5, 0.6) is 0 Å². The fraction of sp³-hybridized carbons (Fsp3) is 0.0545. The van der Waals surface area contributed by atoms with E-state index in [9.17, 15) is 0 Å². The third kappa shape index (κ3) is 4.41. The first-order chi connectivity index (χ1) is 27.5. The minimum atomic E-state index is -0.152. The van der Waals surface area contributed by atoms with Crippen molar-refractivity contribution < 1.29 is 0 Å². The quantitative estimate of drug-likeness (QED) is 0.159. The zero-order valence-electron chi connectivity index (χ0n) is 31.2. The Balaban J connectivity index is 1.10. The average molecular weight is 729 g/mol. The van der Waals surface area contributed by atoms with Crippen LogP contribution in [0.1, 0.15) is 25.0 Å². The number of rotatable bonds is 3. The van der Waals surface area contributed by atoms with Crippen LogP contribution in [0, 0.1) is 0 Å². The standard InChI is InChI=1S/C55H36S/c1-55(2)47-29-28-38(32-46(47)51-43-20-10-11-21-44(43)54-52(53(51)55)45-22-12-13-23-48(45)56-54)50-41-18-8-6-16-39(41)49(40-17-7-9-19-42(40)50)37-27-26-35-30-34(24-25-36(35)31-37)33-14-4-3-5-15-33/h3-32H,1-2H3. The molecule has 0 aliphatic heterocycles. The smallest absolute Gasteiger partial charge is 0.0437 e. The lowest BCUT2D eigenvalue weighted by Crippen LogP contribution is -2.15. The van der Waals surface area contributed by atoms with Gasteiger partial charge in [-0.25, -0.2) is 0 Å². The molecule has 10 aromatic carbocycles. The second kappa shape index (κ2) is 11.7. The summed E-state index contributed by atoms with van der Waals surface area (Å²) in [5, 5.41) is 13.1. The maximum Gasteiger partial charge on any atom is 0.0437 e. The van der Waals surface area contributed by atoms with Gasteiger partial charge in [-0.3, -0.25) is 0 Å². The van der Waals surface area contributed by atoms with E-state index in [1.807, 2.05) is 11.3 Å². The first-order valence-corrected chi connectivity index (χ1v) is 20.4. The summed E-state index contributed by atoms with van der Waals surface area (Å²) < 4.78 is 2.76. The third-order valence-electron chi connectivity index (χ3n) is 12.6. The van der Waals surface area contributed by atoms with Crippen LogP contribution in [0.3, 0.4) is 0 Å². The molecule has 0 nitrogen and oxygen atoms in total. The summed E-state index contributed by atoms with van der Waals surface area (Å²) in [7, 11) is 0. The van der Waals surface area contributed by atoms with Crippen molar-refractivity contribution in [3.63, 3.8) is 0 Å². The Morgan fingerprint density at radius 3 is 1.50 bits per heavy atom. The molecule has 0 saturated carbocycles. The van der Waals surface area contributed by atoms with Crippen LogP contribution in [-0.2, 0) is 5.41 Å². The van der Waals surface area contributed by atoms with E-state index in [0.29, 0.717) is 0 Å². The van der Waals surface area contributed by atoms with E-state index in [1.54, 1.807) is 0 Å². The number of fused-ring (bicyclic) bond motifs is 13. The number of hydrogen-bond acceptors (Lipinski definition) is 1. The Morgan fingerprint density at radius 1 is 0.375 bits per heavy atom. The monoisotopic (exact) mass is 728 g/mol. The summed E-state index contributed by atoms with van der Waals surface area (Å²) in [5.74, 6) is 0. The van der Waals surface area contributed by atoms with Crippen LogP contribution < -0.4 is 0 Å². The highest BCUT2D eigenvalue weighted by molar-refractivity contribution is 7.26. The SMILES string of the molecule is CC1(C)c2ccc(-c3c4ccccc4c(-c4ccc5cc(-c6ccccc6)ccc5c4)c4ccccc34)cc2-c2c1c1c3ccccc3sc1c1ccccc21. The second-order valence-corrected chi connectivity index (χ2v) is 17.0. The highest BCUT2D eigenvalue weighted by atomic mass is 32.1. The van der Waals surface area contributed by atoms with Gasteiger partial charge in [0.05, 0.1) is 0 Å². The average Bonchev–Trinajstić information content (AvgIpc) is 3.74. The predicted molar refractivity (Wildman–Crippen MR) is 243 cm³/mol. The Bertz CT molecular complexity index is 3380. The number of benzene rings is 10. The summed E-state index contributed by atoms with van der Waals surface area (Å²) >= 11 is 1.94. The molecule has 0 amide bonds. The molecule has 56 heavy (non-hydrogen) atoms. The summed E-state index contributed by atoms with van der Waals surface area (Å²) in [4.78, 5) is 0. The first-order valence-electron chi connectivity index (χ1n) is 19.6. The largest absolute Gasteiger partial charge is 0.135 e. The summed E-state index contributed by atoms with van der Waals surface area (Å²) in [6.07, 6.45) is 0. The van der Waals surface area contributed by atoms with Gasteiger partial charge in [0.1, 0.15) is 0 Å². The molecule has 0 bridgehead atoms. The molecular formula is C55H36S. The zero-order valence-corrected chi connectivity index (χ0v) is 32.0. The van der Waals surface area contributed by atoms with Crippen molar-refractivity contribution in [1.29, 1.82) is 0 Å². The molecule has 1 aliphatic carbocycles. The maximum atomic E-state index is 2.52. The van der Waals surface area contributed by atoms with Gasteiger partial charge < -0.3 is 0 Å². The molecule has 262 valence electrons. The van der Waals surface area contributed by atoms with Crippen molar-refractivity contribution in [2.24, 2.45) is 0 Å². The molecule has 1 aliphatic rings. The molecule has 1 heterocycles. The first kappa shape index (κ1) is 31.8. The van der Waals surface area contributed by atoms with Crippen molar-refractivity contribution in [2.45, 2.75) is 19.3 Å². The minimum Gasteiger partial charge on any atom is -0.135 e. The van der Waals surface area contributed by atoms with Crippen LogP contribution in [0.25, 0.3) is 108 Å². The minimum absolute atomic E-state index is 0.152. The van der Waals surface area contributed by atoms with Crippen molar-refractivity contribution in [3.05, 3.63) is 193 Å². The Kier molecular flexibility index (Phi) is 6.66. The van der Waals surface area contributed by atoms with E-state index in [1.165, 1.54) is 119 Å². The van der Waals surface area contributed by atoms with Crippen molar-refractivity contribution in [2.75, 3.05) is 0 Å². The van der Waals surface area contributed by atoms with Crippen LogP contribution in [0.4, 0.5) is 0 Å². The lowest BCUT2D eigenvalue weighted by atomic mass is 9.79. The fourth-order valence-corrected chi connectivity index (χ4v) is 11.3. The van der Waals surface area contributed by atoms with E-state index in [4.69, 9.17) is 0 Å². The van der Waals surface area contributed by atoms with E-state index in [0.717, 1.165) is 0 Å². The van der Waals surface area contributed by atoms with Crippen LogP contribution in [0.2, 0.25) is 0 Å². The van der Waals surface area contributed by atoms with E-state index in [-0.39, 0.29) is 5.41 Å². The van der Waals surface area contributed by atoms with Crippen molar-refractivity contribution in [1.82, 2.24) is 0 Å². The Hall–Kier alpha value is -6.54. The number of thiophene rings is 1. The van der Waals surface area contributed by atoms with Crippen LogP contribution in [-0.4, -0.2) is 0 Å². The van der Waals surface area contributed by atoms with Crippen LogP contribution in [0.15, 0.2) is 182 Å². The van der Waals surface area contributed by atoms with Gasteiger partial charge in [0.15, 0.2) is 0 Å². The lowest BCUT2D eigenvalue weighted by molar-refractivity contribution is 0.667. The molecule has 0 fully saturated rings. The molecule has 0 unspecified atom stereocenters. The topological polar surface area (TPSA) is 0 Å². The molecule has 12 rings (SSSR count). The molecular weight excluding hydrogens is 693 g/mol. The highest BCUT2D eigenvalue weighted by Gasteiger charge is 2.39. The van der Waals surface area contributed by atoms with E-state index >= 15 is 0 Å². The normalized spacial score (nSPS) is 13.3. The molecule has 0 N–H and O–H groups in total. The van der Waals surface area contributed by atoms with E-state index < -0.39 is 0 Å². The zero-order chi connectivity index (χ0) is 37.1. The van der Waals surface area contributed by atoms with Crippen molar-refractivity contribution in [3.8, 4) is 44.5 Å². The van der Waals surface area contributed by atoms with Gasteiger partial charge in [0, 0.05) is 31.0 Å². The third-order valence-corrected chi connectivity index (χ3v) is 13.8. The lowest BCUT2D eigenvalue weighted by Gasteiger charge is -2.23. The van der Waals surface area contributed by atoms with Gasteiger partial charge in [-0.1, -0.05) is 172 Å².